The van der Waals surface area contributed by atoms with Crippen molar-refractivity contribution in [1.82, 2.24) is 0 Å². The summed E-state index contributed by atoms with van der Waals surface area (Å²) in [5.74, 6) is -1.33. The lowest BCUT2D eigenvalue weighted by atomic mass is 9.83. The number of carboxylic acids is 1. The normalized spacial score (nSPS) is 13.8. The number of azide groups is 1. The van der Waals surface area contributed by atoms with E-state index in [4.69, 9.17) is 10.6 Å². The zero-order valence-corrected chi connectivity index (χ0v) is 9.82. The number of aliphatic carboxylic acids is 1. The Hall–Kier alpha value is -2.00. The van der Waals surface area contributed by atoms with Crippen molar-refractivity contribution in [1.29, 1.82) is 0 Å². The van der Waals surface area contributed by atoms with Crippen molar-refractivity contribution in [2.24, 2.45) is 11.0 Å². The van der Waals surface area contributed by atoms with Gasteiger partial charge in [-0.15, -0.1) is 0 Å². The van der Waals surface area contributed by atoms with Crippen molar-refractivity contribution in [2.45, 2.75) is 25.8 Å². The van der Waals surface area contributed by atoms with Crippen molar-refractivity contribution >= 4 is 5.97 Å². The van der Waals surface area contributed by atoms with E-state index in [9.17, 15) is 4.79 Å². The highest BCUT2D eigenvalue weighted by Crippen LogP contribution is 2.30. The van der Waals surface area contributed by atoms with Gasteiger partial charge in [-0.1, -0.05) is 49.3 Å². The molecule has 0 amide bonds. The minimum Gasteiger partial charge on any atom is -0.481 e. The van der Waals surface area contributed by atoms with E-state index >= 15 is 0 Å². The lowest BCUT2D eigenvalue weighted by Gasteiger charge is -2.24. The van der Waals surface area contributed by atoms with Gasteiger partial charge in [-0.2, -0.15) is 0 Å². The van der Waals surface area contributed by atoms with Crippen LogP contribution in [-0.2, 0) is 4.79 Å². The molecule has 1 aromatic carbocycles. The molecular formula is C12H15N3O2. The van der Waals surface area contributed by atoms with Crippen molar-refractivity contribution in [3.63, 3.8) is 0 Å². The lowest BCUT2D eigenvalue weighted by Crippen LogP contribution is -2.29. The summed E-state index contributed by atoms with van der Waals surface area (Å²) >= 11 is 0. The van der Waals surface area contributed by atoms with Crippen LogP contribution in [0.1, 0.15) is 25.3 Å². The first-order valence-corrected chi connectivity index (χ1v) is 5.40. The van der Waals surface area contributed by atoms with Crippen molar-refractivity contribution in [2.75, 3.05) is 0 Å². The van der Waals surface area contributed by atoms with E-state index in [2.05, 4.69) is 10.0 Å². The van der Waals surface area contributed by atoms with E-state index in [0.29, 0.717) is 0 Å². The molecule has 0 heterocycles. The molecule has 5 heteroatoms. The second-order valence-corrected chi connectivity index (χ2v) is 4.17. The molecule has 0 radical (unpaired) electrons. The third-order valence-corrected chi connectivity index (χ3v) is 2.67. The summed E-state index contributed by atoms with van der Waals surface area (Å²) in [5.41, 5.74) is 9.34. The highest BCUT2D eigenvalue weighted by Gasteiger charge is 2.30. The second kappa shape index (κ2) is 5.92. The van der Waals surface area contributed by atoms with Crippen LogP contribution in [0.3, 0.4) is 0 Å². The van der Waals surface area contributed by atoms with E-state index < -0.39 is 12.0 Å². The minimum absolute atomic E-state index is 0.0731. The van der Waals surface area contributed by atoms with Crippen LogP contribution in [0.5, 0.6) is 0 Å². The molecule has 2 atom stereocenters. The molecule has 1 N–H and O–H groups in total. The Bertz CT molecular complexity index is 423. The molecule has 17 heavy (non-hydrogen) atoms. The number of hydrogen-bond acceptors (Lipinski definition) is 2. The van der Waals surface area contributed by atoms with Gasteiger partial charge in [0, 0.05) is 10.8 Å². The quantitative estimate of drug-likeness (QED) is 0.481. The summed E-state index contributed by atoms with van der Waals surface area (Å²) in [5, 5.41) is 12.5. The molecule has 0 bridgehead atoms. The van der Waals surface area contributed by atoms with Gasteiger partial charge in [0.05, 0.1) is 0 Å². The van der Waals surface area contributed by atoms with Gasteiger partial charge in [0.15, 0.2) is 0 Å². The molecule has 1 rings (SSSR count). The van der Waals surface area contributed by atoms with Crippen LogP contribution >= 0.6 is 0 Å². The molecule has 0 aliphatic carbocycles. The fourth-order valence-corrected chi connectivity index (χ4v) is 1.94. The number of nitrogens with zero attached hydrogens (tertiary/aromatic N) is 3. The van der Waals surface area contributed by atoms with Crippen molar-refractivity contribution in [3.8, 4) is 0 Å². The summed E-state index contributed by atoms with van der Waals surface area (Å²) in [6.45, 7) is 3.83. The first-order valence-electron chi connectivity index (χ1n) is 5.40. The Kier molecular flexibility index (Phi) is 4.55. The maximum absolute atomic E-state index is 11.1. The molecule has 90 valence electrons. The summed E-state index contributed by atoms with van der Waals surface area (Å²) in [6.07, 6.45) is 0. The van der Waals surface area contributed by atoms with E-state index in [1.54, 1.807) is 0 Å². The van der Waals surface area contributed by atoms with Gasteiger partial charge < -0.3 is 5.11 Å². The third-order valence-electron chi connectivity index (χ3n) is 2.67. The number of hydrogen-bond donors (Lipinski definition) is 1. The Balaban J connectivity index is 3.16. The smallest absolute Gasteiger partial charge is 0.313 e. The standard InChI is InChI=1S/C12H15N3O2/c1-8(2)10(9-6-4-3-5-7-9)11(12(16)17)14-15-13/h3-8,10-11H,1-2H3,(H,16,17)/t10-,11+/m1/s1. The van der Waals surface area contributed by atoms with E-state index in [0.717, 1.165) is 5.56 Å². The Morgan fingerprint density at radius 3 is 2.35 bits per heavy atom. The first kappa shape index (κ1) is 13.1. The van der Waals surface area contributed by atoms with Crippen molar-refractivity contribution in [3.05, 3.63) is 46.3 Å². The molecular weight excluding hydrogens is 218 g/mol. The summed E-state index contributed by atoms with van der Waals surface area (Å²) in [4.78, 5) is 13.8. The predicted molar refractivity (Wildman–Crippen MR) is 64.6 cm³/mol. The first-order chi connectivity index (χ1) is 8.07. The molecule has 0 aromatic heterocycles. The average Bonchev–Trinajstić information content (AvgIpc) is 2.29. The van der Waals surface area contributed by atoms with Crippen LogP contribution in [-0.4, -0.2) is 17.1 Å². The Morgan fingerprint density at radius 2 is 1.94 bits per heavy atom. The minimum atomic E-state index is -1.09. The Morgan fingerprint density at radius 1 is 1.35 bits per heavy atom. The van der Waals surface area contributed by atoms with Gasteiger partial charge in [0.2, 0.25) is 0 Å². The monoisotopic (exact) mass is 233 g/mol. The fraction of sp³-hybridized carbons (Fsp3) is 0.417. The molecule has 0 saturated heterocycles. The molecule has 0 fully saturated rings. The lowest BCUT2D eigenvalue weighted by molar-refractivity contribution is -0.139. The molecule has 0 aliphatic rings. The maximum atomic E-state index is 11.1. The van der Waals surface area contributed by atoms with Gasteiger partial charge in [-0.25, -0.2) is 0 Å². The number of benzene rings is 1. The number of carbonyl (C=O) groups is 1. The van der Waals surface area contributed by atoms with Crippen molar-refractivity contribution < 1.29 is 9.90 Å². The molecule has 1 aromatic rings. The van der Waals surface area contributed by atoms with Crippen LogP contribution in [0.4, 0.5) is 0 Å². The van der Waals surface area contributed by atoms with Crippen LogP contribution in [0.25, 0.3) is 10.4 Å². The van der Waals surface area contributed by atoms with Gasteiger partial charge in [-0.05, 0) is 17.0 Å². The highest BCUT2D eigenvalue weighted by atomic mass is 16.4. The van der Waals surface area contributed by atoms with E-state index in [1.807, 2.05) is 44.2 Å². The zero-order chi connectivity index (χ0) is 12.8. The van der Waals surface area contributed by atoms with Crippen LogP contribution in [0.15, 0.2) is 35.4 Å². The molecule has 0 spiro atoms. The predicted octanol–water partition coefficient (Wildman–Crippen LogP) is 3.19. The highest BCUT2D eigenvalue weighted by molar-refractivity contribution is 5.75. The average molecular weight is 233 g/mol. The fourth-order valence-electron chi connectivity index (χ4n) is 1.94. The van der Waals surface area contributed by atoms with Gasteiger partial charge in [0.25, 0.3) is 0 Å². The SMILES string of the molecule is CC(C)[C@H](c1ccccc1)[C@H](N=[N+]=[N-])C(=O)O. The molecule has 0 unspecified atom stereocenters. The van der Waals surface area contributed by atoms with Gasteiger partial charge in [0.1, 0.15) is 6.04 Å². The van der Waals surface area contributed by atoms with E-state index in [-0.39, 0.29) is 11.8 Å². The zero-order valence-electron chi connectivity index (χ0n) is 9.82. The summed E-state index contributed by atoms with van der Waals surface area (Å²) in [7, 11) is 0. The molecule has 0 saturated carbocycles. The largest absolute Gasteiger partial charge is 0.481 e. The topological polar surface area (TPSA) is 86.1 Å². The van der Waals surface area contributed by atoms with Crippen LogP contribution in [0.2, 0.25) is 0 Å². The number of rotatable bonds is 5. The third kappa shape index (κ3) is 3.23. The summed E-state index contributed by atoms with van der Waals surface area (Å²) < 4.78 is 0. The molecule has 0 aliphatic heterocycles. The number of carboxylic acid groups (broad SMARTS) is 1. The van der Waals surface area contributed by atoms with Crippen LogP contribution in [0, 0.1) is 5.92 Å². The summed E-state index contributed by atoms with van der Waals surface area (Å²) in [6, 6.07) is 8.20. The van der Waals surface area contributed by atoms with Gasteiger partial charge in [-0.3, -0.25) is 4.79 Å². The Labute approximate surface area is 99.7 Å². The molecule has 5 nitrogen and oxygen atoms in total. The maximum Gasteiger partial charge on any atom is 0.313 e. The second-order valence-electron chi connectivity index (χ2n) is 4.17. The van der Waals surface area contributed by atoms with Gasteiger partial charge >= 0.3 is 5.97 Å². The van der Waals surface area contributed by atoms with E-state index in [1.165, 1.54) is 0 Å². The van der Waals surface area contributed by atoms with Crippen LogP contribution < -0.4 is 0 Å².